The maximum atomic E-state index is 13.1. The van der Waals surface area contributed by atoms with Gasteiger partial charge in [-0.15, -0.1) is 16.4 Å². The van der Waals surface area contributed by atoms with Crippen LogP contribution in [0.3, 0.4) is 0 Å². The molecule has 4 rings (SSSR count). The van der Waals surface area contributed by atoms with Crippen LogP contribution >= 0.6 is 23.1 Å². The molecule has 0 bridgehead atoms. The second kappa shape index (κ2) is 9.34. The van der Waals surface area contributed by atoms with Crippen molar-refractivity contribution in [2.45, 2.75) is 17.0 Å². The van der Waals surface area contributed by atoms with Gasteiger partial charge in [-0.3, -0.25) is 20.2 Å². The lowest BCUT2D eigenvalue weighted by Gasteiger charge is -2.08. The molecule has 0 unspecified atom stereocenters. The summed E-state index contributed by atoms with van der Waals surface area (Å²) in [6.45, 7) is 1.91. The van der Waals surface area contributed by atoms with Gasteiger partial charge >= 0.3 is 0 Å². The van der Waals surface area contributed by atoms with E-state index in [9.17, 15) is 14.9 Å². The first-order chi connectivity index (χ1) is 15.9. The largest absolute Gasteiger partial charge is 0.497 e. The normalized spacial score (nSPS) is 10.8. The molecule has 4 aromatic rings. The van der Waals surface area contributed by atoms with E-state index in [1.54, 1.807) is 14.2 Å². The minimum absolute atomic E-state index is 0.121. The molecule has 2 heterocycles. The molecule has 0 spiro atoms. The number of hydrogen-bond acceptors (Lipinski definition) is 10. The zero-order chi connectivity index (χ0) is 23.5. The lowest BCUT2D eigenvalue weighted by atomic mass is 10.1. The Labute approximate surface area is 196 Å². The number of ether oxygens (including phenoxy) is 1. The number of benzene rings is 2. The molecule has 0 saturated carbocycles. The number of tetrazole rings is 1. The molecule has 0 atom stereocenters. The standard InChI is InChI=1S/C20H17N7O4S2/c1-11-17(12-4-7-14(31-3)8-5-12)21-19(32-11)22-18(28)15-10-13(27(29)30)6-9-16(15)33-20-23-24-25-26(20)2/h4-10H,1-3H3,(H,21,22,28). The lowest BCUT2D eigenvalue weighted by Crippen LogP contribution is -2.13. The van der Waals surface area contributed by atoms with Gasteiger partial charge in [-0.05, 0) is 59.4 Å². The third-order valence-electron chi connectivity index (χ3n) is 4.58. The van der Waals surface area contributed by atoms with Crippen LogP contribution in [0.1, 0.15) is 15.2 Å². The molecule has 0 radical (unpaired) electrons. The molecule has 0 aliphatic carbocycles. The molecule has 0 aliphatic rings. The Kier molecular flexibility index (Phi) is 6.33. The number of hydrogen-bond donors (Lipinski definition) is 1. The Hall–Kier alpha value is -3.84. The van der Waals surface area contributed by atoms with Crippen LogP contribution in [0.2, 0.25) is 0 Å². The Morgan fingerprint density at radius 2 is 2.00 bits per heavy atom. The highest BCUT2D eigenvalue weighted by molar-refractivity contribution is 7.99. The van der Waals surface area contributed by atoms with Crippen LogP contribution in [0.15, 0.2) is 52.5 Å². The van der Waals surface area contributed by atoms with Crippen LogP contribution < -0.4 is 10.1 Å². The minimum atomic E-state index is -0.551. The molecule has 0 aliphatic heterocycles. The number of rotatable bonds is 7. The van der Waals surface area contributed by atoms with Crippen LogP contribution in [0, 0.1) is 17.0 Å². The summed E-state index contributed by atoms with van der Waals surface area (Å²) in [4.78, 5) is 29.8. The number of nitro groups is 1. The van der Waals surface area contributed by atoms with Gasteiger partial charge in [0.05, 0.1) is 23.3 Å². The van der Waals surface area contributed by atoms with Crippen molar-refractivity contribution in [1.82, 2.24) is 25.2 Å². The predicted octanol–water partition coefficient (Wildman–Crippen LogP) is 3.96. The van der Waals surface area contributed by atoms with Crippen molar-refractivity contribution in [2.75, 3.05) is 12.4 Å². The first-order valence-corrected chi connectivity index (χ1v) is 11.1. The van der Waals surface area contributed by atoms with Crippen molar-refractivity contribution in [3.63, 3.8) is 0 Å². The first kappa shape index (κ1) is 22.4. The van der Waals surface area contributed by atoms with Crippen LogP contribution in [-0.4, -0.2) is 43.1 Å². The van der Waals surface area contributed by atoms with Gasteiger partial charge < -0.3 is 4.74 Å². The van der Waals surface area contributed by atoms with Gasteiger partial charge in [0.2, 0.25) is 5.16 Å². The van der Waals surface area contributed by atoms with Crippen molar-refractivity contribution >= 4 is 39.8 Å². The van der Waals surface area contributed by atoms with Crippen molar-refractivity contribution in [2.24, 2.45) is 7.05 Å². The van der Waals surface area contributed by atoms with Crippen molar-refractivity contribution in [3.8, 4) is 17.0 Å². The number of non-ortho nitro benzene ring substituents is 1. The summed E-state index contributed by atoms with van der Waals surface area (Å²) in [5.41, 5.74) is 1.54. The van der Waals surface area contributed by atoms with Gasteiger partial charge in [0.15, 0.2) is 5.13 Å². The smallest absolute Gasteiger partial charge is 0.270 e. The van der Waals surface area contributed by atoms with Gasteiger partial charge in [0, 0.05) is 34.5 Å². The summed E-state index contributed by atoms with van der Waals surface area (Å²) in [5.74, 6) is 0.209. The summed E-state index contributed by atoms with van der Waals surface area (Å²) in [6, 6.07) is 11.5. The van der Waals surface area contributed by atoms with E-state index in [2.05, 4.69) is 25.8 Å². The Balaban J connectivity index is 1.63. The Bertz CT molecular complexity index is 1330. The number of amides is 1. The number of aromatic nitrogens is 5. The van der Waals surface area contributed by atoms with E-state index in [1.165, 1.54) is 34.2 Å². The zero-order valence-corrected chi connectivity index (χ0v) is 19.3. The Morgan fingerprint density at radius 1 is 1.24 bits per heavy atom. The topological polar surface area (TPSA) is 138 Å². The van der Waals surface area contributed by atoms with E-state index in [4.69, 9.17) is 4.74 Å². The number of nitrogens with one attached hydrogen (secondary N) is 1. The Morgan fingerprint density at radius 3 is 2.64 bits per heavy atom. The first-order valence-electron chi connectivity index (χ1n) is 9.47. The molecular formula is C20H17N7O4S2. The van der Waals surface area contributed by atoms with Crippen LogP contribution in [0.5, 0.6) is 5.75 Å². The molecule has 168 valence electrons. The highest BCUT2D eigenvalue weighted by atomic mass is 32.2. The third-order valence-corrected chi connectivity index (χ3v) is 6.57. The van der Waals surface area contributed by atoms with Crippen molar-refractivity contribution < 1.29 is 14.5 Å². The van der Waals surface area contributed by atoms with Gasteiger partial charge in [0.1, 0.15) is 5.75 Å². The maximum Gasteiger partial charge on any atom is 0.270 e. The van der Waals surface area contributed by atoms with E-state index in [-0.39, 0.29) is 11.3 Å². The van der Waals surface area contributed by atoms with Crippen LogP contribution in [0.25, 0.3) is 11.3 Å². The average molecular weight is 484 g/mol. The summed E-state index contributed by atoms with van der Waals surface area (Å²) in [5, 5.41) is 26.1. The van der Waals surface area contributed by atoms with Gasteiger partial charge in [-0.1, -0.05) is 0 Å². The number of nitrogens with zero attached hydrogens (tertiary/aromatic N) is 6. The van der Waals surface area contributed by atoms with Crippen LogP contribution in [0.4, 0.5) is 10.8 Å². The molecule has 2 aromatic carbocycles. The third kappa shape index (κ3) is 4.83. The summed E-state index contributed by atoms with van der Waals surface area (Å²) >= 11 is 2.44. The molecular weight excluding hydrogens is 466 g/mol. The number of carbonyl (C=O) groups excluding carboxylic acids is 1. The van der Waals surface area contributed by atoms with Crippen LogP contribution in [-0.2, 0) is 7.05 Å². The monoisotopic (exact) mass is 483 g/mol. The molecule has 2 aromatic heterocycles. The highest BCUT2D eigenvalue weighted by Gasteiger charge is 2.21. The maximum absolute atomic E-state index is 13.1. The zero-order valence-electron chi connectivity index (χ0n) is 17.7. The summed E-state index contributed by atoms with van der Waals surface area (Å²) in [6.07, 6.45) is 0. The highest BCUT2D eigenvalue weighted by Crippen LogP contribution is 2.34. The van der Waals surface area contributed by atoms with Crippen molar-refractivity contribution in [3.05, 3.63) is 63.0 Å². The number of aryl methyl sites for hydroxylation is 2. The lowest BCUT2D eigenvalue weighted by molar-refractivity contribution is -0.384. The number of carbonyl (C=O) groups is 1. The minimum Gasteiger partial charge on any atom is -0.497 e. The second-order valence-electron chi connectivity index (χ2n) is 6.73. The molecule has 33 heavy (non-hydrogen) atoms. The predicted molar refractivity (Wildman–Crippen MR) is 123 cm³/mol. The summed E-state index contributed by atoms with van der Waals surface area (Å²) < 4.78 is 6.63. The van der Waals surface area contributed by atoms with Gasteiger partial charge in [0.25, 0.3) is 11.6 Å². The fourth-order valence-electron chi connectivity index (χ4n) is 2.94. The molecule has 0 fully saturated rings. The van der Waals surface area contributed by atoms with E-state index < -0.39 is 10.8 Å². The second-order valence-corrected chi connectivity index (χ2v) is 8.94. The van der Waals surface area contributed by atoms with E-state index >= 15 is 0 Å². The molecule has 11 nitrogen and oxygen atoms in total. The van der Waals surface area contributed by atoms with E-state index in [0.717, 1.165) is 33.6 Å². The molecule has 0 saturated heterocycles. The quantitative estimate of drug-likeness (QED) is 0.306. The van der Waals surface area contributed by atoms with Gasteiger partial charge in [-0.25, -0.2) is 9.67 Å². The fraction of sp³-hybridized carbons (Fsp3) is 0.150. The molecule has 13 heteroatoms. The van der Waals surface area contributed by atoms with E-state index in [0.29, 0.717) is 15.2 Å². The SMILES string of the molecule is COc1ccc(-c2nc(NC(=O)c3cc([N+](=O)[O-])ccc3Sc3nnnn3C)sc2C)cc1. The molecule has 1 amide bonds. The molecule has 1 N–H and O–H groups in total. The number of anilines is 1. The van der Waals surface area contributed by atoms with Gasteiger partial charge in [-0.2, -0.15) is 0 Å². The average Bonchev–Trinajstić information content (AvgIpc) is 3.38. The number of methoxy groups -OCH3 is 1. The fourth-order valence-corrected chi connectivity index (χ4v) is 4.61. The number of thiazole rings is 1. The van der Waals surface area contributed by atoms with Crippen molar-refractivity contribution in [1.29, 1.82) is 0 Å². The summed E-state index contributed by atoms with van der Waals surface area (Å²) in [7, 11) is 3.25. The number of nitro benzene ring substituents is 1. The van der Waals surface area contributed by atoms with E-state index in [1.807, 2.05) is 31.2 Å².